The molecule has 2 aromatic rings. The molecule has 2 rings (SSSR count). The van der Waals surface area contributed by atoms with Crippen LogP contribution in [0.4, 0.5) is 0 Å². The molecule has 0 bridgehead atoms. The molecule has 0 saturated carbocycles. The molecule has 0 aliphatic rings. The second kappa shape index (κ2) is 4.53. The summed E-state index contributed by atoms with van der Waals surface area (Å²) in [6, 6.07) is 2.13. The van der Waals surface area contributed by atoms with E-state index in [1.54, 1.807) is 0 Å². The highest BCUT2D eigenvalue weighted by atomic mass is 16.4. The summed E-state index contributed by atoms with van der Waals surface area (Å²) in [5, 5.41) is 16.0. The maximum absolute atomic E-state index is 11.3. The fraction of sp³-hybridized carbons (Fsp3) is 0.333. The first-order valence-corrected chi connectivity index (χ1v) is 6.20. The fourth-order valence-electron chi connectivity index (χ4n) is 2.48. The molecule has 100 valence electrons. The lowest BCUT2D eigenvalue weighted by molar-refractivity contribution is 0.0691. The van der Waals surface area contributed by atoms with Crippen molar-refractivity contribution in [3.63, 3.8) is 0 Å². The summed E-state index contributed by atoms with van der Waals surface area (Å²) >= 11 is 0. The van der Waals surface area contributed by atoms with Crippen molar-refractivity contribution < 1.29 is 9.90 Å². The predicted molar refractivity (Wildman–Crippen MR) is 74.7 cm³/mol. The monoisotopic (exact) mass is 258 g/mol. The quantitative estimate of drug-likeness (QED) is 0.868. The minimum atomic E-state index is -1.00. The van der Waals surface area contributed by atoms with Crippen LogP contribution < -0.4 is 0 Å². The molecule has 0 atom stereocenters. The van der Waals surface area contributed by atoms with E-state index in [4.69, 9.17) is 0 Å². The van der Waals surface area contributed by atoms with Crippen molar-refractivity contribution >= 4 is 5.97 Å². The minimum Gasteiger partial charge on any atom is -0.476 e. The molecule has 2 N–H and O–H groups in total. The minimum absolute atomic E-state index is 0.0914. The zero-order chi connectivity index (χ0) is 14.3. The van der Waals surface area contributed by atoms with Crippen LogP contribution in [0.25, 0.3) is 11.1 Å². The highest BCUT2D eigenvalue weighted by Gasteiger charge is 2.22. The third kappa shape index (κ3) is 2.03. The first-order chi connectivity index (χ1) is 8.84. The van der Waals surface area contributed by atoms with Crippen LogP contribution in [0, 0.1) is 34.6 Å². The molecule has 0 fully saturated rings. The third-order valence-corrected chi connectivity index (χ3v) is 3.77. The van der Waals surface area contributed by atoms with Gasteiger partial charge >= 0.3 is 5.97 Å². The Bertz CT molecular complexity index is 643. The van der Waals surface area contributed by atoms with Crippen molar-refractivity contribution in [2.45, 2.75) is 34.6 Å². The zero-order valence-electron chi connectivity index (χ0n) is 11.9. The van der Waals surface area contributed by atoms with Crippen LogP contribution in [0.3, 0.4) is 0 Å². The molecule has 0 aliphatic carbocycles. The smallest absolute Gasteiger partial charge is 0.357 e. The number of benzene rings is 1. The van der Waals surface area contributed by atoms with Crippen LogP contribution in [-0.2, 0) is 0 Å². The van der Waals surface area contributed by atoms with Gasteiger partial charge in [-0.2, -0.15) is 5.10 Å². The number of hydrogen-bond acceptors (Lipinski definition) is 2. The Morgan fingerprint density at radius 1 is 1.05 bits per heavy atom. The van der Waals surface area contributed by atoms with Crippen molar-refractivity contribution in [2.75, 3.05) is 0 Å². The molecular weight excluding hydrogens is 240 g/mol. The number of rotatable bonds is 2. The summed E-state index contributed by atoms with van der Waals surface area (Å²) in [5.41, 5.74) is 7.10. The lowest BCUT2D eigenvalue weighted by Crippen LogP contribution is -2.02. The lowest BCUT2D eigenvalue weighted by atomic mass is 9.88. The Labute approximate surface area is 112 Å². The van der Waals surface area contributed by atoms with Crippen molar-refractivity contribution in [3.8, 4) is 11.1 Å². The maximum atomic E-state index is 11.3. The molecule has 4 heteroatoms. The number of nitrogens with one attached hydrogen (secondary N) is 1. The van der Waals surface area contributed by atoms with Gasteiger partial charge in [0.2, 0.25) is 0 Å². The van der Waals surface area contributed by atoms with Gasteiger partial charge in [-0.05, 0) is 62.4 Å². The van der Waals surface area contributed by atoms with E-state index < -0.39 is 5.97 Å². The van der Waals surface area contributed by atoms with Gasteiger partial charge < -0.3 is 5.11 Å². The number of hydrogen-bond donors (Lipinski definition) is 2. The topological polar surface area (TPSA) is 66.0 Å². The Balaban J connectivity index is 2.87. The van der Waals surface area contributed by atoms with E-state index in [2.05, 4.69) is 16.3 Å². The Hall–Kier alpha value is -2.10. The largest absolute Gasteiger partial charge is 0.476 e. The molecule has 0 saturated heterocycles. The van der Waals surface area contributed by atoms with Crippen molar-refractivity contribution in [1.29, 1.82) is 0 Å². The lowest BCUT2D eigenvalue weighted by Gasteiger charge is -2.15. The average molecular weight is 258 g/mol. The zero-order valence-corrected chi connectivity index (χ0v) is 11.9. The van der Waals surface area contributed by atoms with Gasteiger partial charge in [-0.1, -0.05) is 6.07 Å². The molecule has 1 aromatic heterocycles. The Morgan fingerprint density at radius 2 is 1.58 bits per heavy atom. The van der Waals surface area contributed by atoms with Crippen LogP contribution >= 0.6 is 0 Å². The number of H-pyrrole nitrogens is 1. The molecule has 0 radical (unpaired) electrons. The molecule has 0 aliphatic heterocycles. The normalized spacial score (nSPS) is 10.8. The first kappa shape index (κ1) is 13.3. The molecule has 1 heterocycles. The third-order valence-electron chi connectivity index (χ3n) is 3.77. The van der Waals surface area contributed by atoms with E-state index in [9.17, 15) is 9.90 Å². The van der Waals surface area contributed by atoms with Crippen LogP contribution in [0.15, 0.2) is 6.07 Å². The van der Waals surface area contributed by atoms with Gasteiger partial charge in [0.15, 0.2) is 5.69 Å². The molecular formula is C15H18N2O2. The maximum Gasteiger partial charge on any atom is 0.357 e. The number of carboxylic acid groups (broad SMARTS) is 1. The van der Waals surface area contributed by atoms with E-state index in [0.29, 0.717) is 5.56 Å². The van der Waals surface area contributed by atoms with E-state index in [-0.39, 0.29) is 5.69 Å². The van der Waals surface area contributed by atoms with E-state index >= 15 is 0 Å². The van der Waals surface area contributed by atoms with Crippen molar-refractivity contribution in [1.82, 2.24) is 10.2 Å². The van der Waals surface area contributed by atoms with Crippen LogP contribution in [-0.4, -0.2) is 21.3 Å². The Kier molecular flexibility index (Phi) is 3.18. The highest BCUT2D eigenvalue weighted by Crippen LogP contribution is 2.34. The van der Waals surface area contributed by atoms with Crippen LogP contribution in [0.2, 0.25) is 0 Å². The van der Waals surface area contributed by atoms with Gasteiger partial charge in [-0.15, -0.1) is 0 Å². The Morgan fingerprint density at radius 3 is 2.05 bits per heavy atom. The van der Waals surface area contributed by atoms with Crippen LogP contribution in [0.5, 0.6) is 0 Å². The van der Waals surface area contributed by atoms with Gasteiger partial charge in [-0.25, -0.2) is 4.79 Å². The van der Waals surface area contributed by atoms with Gasteiger partial charge in [0.1, 0.15) is 0 Å². The SMILES string of the molecule is Cc1cc(C)c(C)c(-c2c(C(=O)O)n[nH]c2C)c1C. The van der Waals surface area contributed by atoms with Gasteiger partial charge in [-0.3, -0.25) is 5.10 Å². The van der Waals surface area contributed by atoms with E-state index in [1.807, 2.05) is 34.6 Å². The molecule has 0 amide bonds. The predicted octanol–water partition coefficient (Wildman–Crippen LogP) is 3.32. The second-order valence-corrected chi connectivity index (χ2v) is 5.01. The van der Waals surface area contributed by atoms with Gasteiger partial charge in [0.25, 0.3) is 0 Å². The summed E-state index contributed by atoms with van der Waals surface area (Å²) in [6.07, 6.45) is 0. The van der Waals surface area contributed by atoms with E-state index in [1.165, 1.54) is 0 Å². The summed E-state index contributed by atoms with van der Waals surface area (Å²) in [4.78, 5) is 11.3. The number of aryl methyl sites for hydroxylation is 3. The first-order valence-electron chi connectivity index (χ1n) is 6.20. The summed E-state index contributed by atoms with van der Waals surface area (Å²) in [5.74, 6) is -1.00. The highest BCUT2D eigenvalue weighted by molar-refractivity contribution is 5.96. The molecule has 1 aromatic carbocycles. The number of aromatic amines is 1. The number of aromatic carboxylic acids is 1. The summed E-state index contributed by atoms with van der Waals surface area (Å²) < 4.78 is 0. The summed E-state index contributed by atoms with van der Waals surface area (Å²) in [6.45, 7) is 9.98. The van der Waals surface area contributed by atoms with Gasteiger partial charge in [0, 0.05) is 11.3 Å². The fourth-order valence-corrected chi connectivity index (χ4v) is 2.48. The molecule has 0 unspecified atom stereocenters. The number of nitrogens with zero attached hydrogens (tertiary/aromatic N) is 1. The number of carboxylic acids is 1. The number of carbonyl (C=O) groups is 1. The molecule has 19 heavy (non-hydrogen) atoms. The standard InChI is InChI=1S/C15H18N2O2/c1-7-6-8(2)10(4)12(9(7)3)13-11(5)16-17-14(13)15(18)19/h6H,1-5H3,(H,16,17)(H,18,19). The molecule has 4 nitrogen and oxygen atoms in total. The van der Waals surface area contributed by atoms with Crippen LogP contribution in [0.1, 0.15) is 38.4 Å². The van der Waals surface area contributed by atoms with Crippen molar-refractivity contribution in [2.24, 2.45) is 0 Å². The average Bonchev–Trinajstić information content (AvgIpc) is 2.70. The molecule has 0 spiro atoms. The van der Waals surface area contributed by atoms with E-state index in [0.717, 1.165) is 33.5 Å². The van der Waals surface area contributed by atoms with Gasteiger partial charge in [0.05, 0.1) is 0 Å². The number of aromatic nitrogens is 2. The second-order valence-electron chi connectivity index (χ2n) is 5.01. The summed E-state index contributed by atoms with van der Waals surface area (Å²) in [7, 11) is 0. The van der Waals surface area contributed by atoms with Crippen molar-refractivity contribution in [3.05, 3.63) is 39.7 Å².